The van der Waals surface area contributed by atoms with Crippen molar-refractivity contribution < 1.29 is 9.90 Å². The highest BCUT2D eigenvalue weighted by Gasteiger charge is 2.06. The van der Waals surface area contributed by atoms with Gasteiger partial charge in [-0.15, -0.1) is 0 Å². The summed E-state index contributed by atoms with van der Waals surface area (Å²) in [6.07, 6.45) is 3.40. The van der Waals surface area contributed by atoms with E-state index in [4.69, 9.17) is 10.4 Å². The van der Waals surface area contributed by atoms with E-state index < -0.39 is 0 Å². The van der Waals surface area contributed by atoms with Crippen molar-refractivity contribution in [2.45, 2.75) is 0 Å². The van der Waals surface area contributed by atoms with Gasteiger partial charge in [0, 0.05) is 11.3 Å². The van der Waals surface area contributed by atoms with Crippen molar-refractivity contribution in [2.24, 2.45) is 0 Å². The van der Waals surface area contributed by atoms with E-state index in [1.807, 2.05) is 24.3 Å². The molecule has 1 amide bonds. The molecule has 0 aliphatic heterocycles. The van der Waals surface area contributed by atoms with Gasteiger partial charge in [-0.1, -0.05) is 24.3 Å². The van der Waals surface area contributed by atoms with Gasteiger partial charge in [0.05, 0.1) is 18.2 Å². The molecule has 2 N–H and O–H groups in total. The molecule has 0 aliphatic carbocycles. The summed E-state index contributed by atoms with van der Waals surface area (Å²) in [6, 6.07) is 15.8. The first-order valence-corrected chi connectivity index (χ1v) is 6.42. The predicted octanol–water partition coefficient (Wildman–Crippen LogP) is 2.82. The molecule has 0 atom stereocenters. The summed E-state index contributed by atoms with van der Waals surface area (Å²) in [5.41, 5.74) is 2.57. The molecule has 4 heteroatoms. The molecule has 0 saturated heterocycles. The van der Waals surface area contributed by atoms with Crippen LogP contribution in [0.4, 0.5) is 5.69 Å². The molecule has 0 aromatic heterocycles. The Morgan fingerprint density at radius 2 is 2.00 bits per heavy atom. The van der Waals surface area contributed by atoms with Crippen molar-refractivity contribution in [1.82, 2.24) is 0 Å². The SMILES string of the molecule is N#Cc1ccc(C(=O)Nc2cccc(C=CCO)c2)cc1. The number of hydrogen-bond donors (Lipinski definition) is 2. The quantitative estimate of drug-likeness (QED) is 0.903. The van der Waals surface area contributed by atoms with Gasteiger partial charge < -0.3 is 10.4 Å². The predicted molar refractivity (Wildman–Crippen MR) is 81.7 cm³/mol. The number of anilines is 1. The summed E-state index contributed by atoms with van der Waals surface area (Å²) in [5, 5.41) is 20.3. The van der Waals surface area contributed by atoms with Gasteiger partial charge in [0.25, 0.3) is 5.91 Å². The van der Waals surface area contributed by atoms with E-state index >= 15 is 0 Å². The second-order valence-electron chi connectivity index (χ2n) is 4.35. The smallest absolute Gasteiger partial charge is 0.255 e. The van der Waals surface area contributed by atoms with Gasteiger partial charge in [-0.25, -0.2) is 0 Å². The zero-order valence-corrected chi connectivity index (χ0v) is 11.3. The molecule has 2 aromatic carbocycles. The van der Waals surface area contributed by atoms with Crippen molar-refractivity contribution in [2.75, 3.05) is 11.9 Å². The Hall–Kier alpha value is -2.90. The first-order chi connectivity index (χ1) is 10.2. The van der Waals surface area contributed by atoms with Crippen LogP contribution in [0.3, 0.4) is 0 Å². The molecule has 2 rings (SSSR count). The van der Waals surface area contributed by atoms with E-state index in [2.05, 4.69) is 5.32 Å². The molecule has 0 aliphatic rings. The molecule has 0 heterocycles. The van der Waals surface area contributed by atoms with Gasteiger partial charge in [-0.3, -0.25) is 4.79 Å². The third-order valence-electron chi connectivity index (χ3n) is 2.84. The van der Waals surface area contributed by atoms with Gasteiger partial charge in [0.2, 0.25) is 0 Å². The maximum atomic E-state index is 12.1. The van der Waals surface area contributed by atoms with E-state index in [1.165, 1.54) is 0 Å². The number of hydrogen-bond acceptors (Lipinski definition) is 3. The van der Waals surface area contributed by atoms with Gasteiger partial charge >= 0.3 is 0 Å². The number of aliphatic hydroxyl groups is 1. The van der Waals surface area contributed by atoms with E-state index in [0.29, 0.717) is 16.8 Å². The van der Waals surface area contributed by atoms with E-state index in [9.17, 15) is 4.79 Å². The Labute approximate surface area is 123 Å². The number of carbonyl (C=O) groups is 1. The average molecular weight is 278 g/mol. The number of aliphatic hydroxyl groups excluding tert-OH is 1. The lowest BCUT2D eigenvalue weighted by atomic mass is 10.1. The van der Waals surface area contributed by atoms with Crippen molar-refractivity contribution in [1.29, 1.82) is 5.26 Å². The van der Waals surface area contributed by atoms with Gasteiger partial charge in [0.15, 0.2) is 0 Å². The molecule has 0 unspecified atom stereocenters. The van der Waals surface area contributed by atoms with Crippen molar-refractivity contribution in [3.05, 3.63) is 71.3 Å². The average Bonchev–Trinajstić information content (AvgIpc) is 2.53. The van der Waals surface area contributed by atoms with Crippen LogP contribution in [0.25, 0.3) is 6.08 Å². The molecule has 2 aromatic rings. The lowest BCUT2D eigenvalue weighted by molar-refractivity contribution is 0.102. The van der Waals surface area contributed by atoms with E-state index in [-0.39, 0.29) is 12.5 Å². The minimum Gasteiger partial charge on any atom is -0.392 e. The highest BCUT2D eigenvalue weighted by molar-refractivity contribution is 6.04. The van der Waals surface area contributed by atoms with Crippen LogP contribution in [0.15, 0.2) is 54.6 Å². The van der Waals surface area contributed by atoms with Crippen molar-refractivity contribution in [3.8, 4) is 6.07 Å². The Balaban J connectivity index is 2.11. The molecular weight excluding hydrogens is 264 g/mol. The number of nitriles is 1. The van der Waals surface area contributed by atoms with Crippen molar-refractivity contribution >= 4 is 17.7 Å². The van der Waals surface area contributed by atoms with Crippen LogP contribution in [0, 0.1) is 11.3 Å². The van der Waals surface area contributed by atoms with Gasteiger partial charge in [-0.05, 0) is 42.0 Å². The zero-order chi connectivity index (χ0) is 15.1. The summed E-state index contributed by atoms with van der Waals surface area (Å²) >= 11 is 0. The van der Waals surface area contributed by atoms with Crippen LogP contribution in [0.2, 0.25) is 0 Å². The molecule has 4 nitrogen and oxygen atoms in total. The number of carbonyl (C=O) groups excluding carboxylic acids is 1. The molecule has 0 spiro atoms. The summed E-state index contributed by atoms with van der Waals surface area (Å²) in [5.74, 6) is -0.234. The maximum absolute atomic E-state index is 12.1. The molecular formula is C17H14N2O2. The van der Waals surface area contributed by atoms with Crippen LogP contribution in [0.1, 0.15) is 21.5 Å². The van der Waals surface area contributed by atoms with Gasteiger partial charge in [-0.2, -0.15) is 5.26 Å². The summed E-state index contributed by atoms with van der Waals surface area (Å²) < 4.78 is 0. The van der Waals surface area contributed by atoms with Crippen LogP contribution in [0.5, 0.6) is 0 Å². The van der Waals surface area contributed by atoms with Crippen LogP contribution < -0.4 is 5.32 Å². The number of benzene rings is 2. The third kappa shape index (κ3) is 4.03. The first kappa shape index (κ1) is 14.5. The minimum absolute atomic E-state index is 0.0260. The molecule has 0 radical (unpaired) electrons. The number of nitrogens with one attached hydrogen (secondary N) is 1. The van der Waals surface area contributed by atoms with Gasteiger partial charge in [0.1, 0.15) is 0 Å². The Morgan fingerprint density at radius 3 is 2.67 bits per heavy atom. The minimum atomic E-state index is -0.234. The Morgan fingerprint density at radius 1 is 1.24 bits per heavy atom. The summed E-state index contributed by atoms with van der Waals surface area (Å²) in [6.45, 7) is -0.0260. The van der Waals surface area contributed by atoms with E-state index in [0.717, 1.165) is 5.56 Å². The number of amides is 1. The zero-order valence-electron chi connectivity index (χ0n) is 11.3. The largest absolute Gasteiger partial charge is 0.392 e. The van der Waals surface area contributed by atoms with Crippen LogP contribution in [-0.2, 0) is 0 Å². The highest BCUT2D eigenvalue weighted by Crippen LogP contribution is 2.14. The topological polar surface area (TPSA) is 73.1 Å². The number of nitrogens with zero attached hydrogens (tertiary/aromatic N) is 1. The highest BCUT2D eigenvalue weighted by atomic mass is 16.2. The summed E-state index contributed by atoms with van der Waals surface area (Å²) in [7, 11) is 0. The van der Waals surface area contributed by atoms with E-state index in [1.54, 1.807) is 42.5 Å². The van der Waals surface area contributed by atoms with Crippen molar-refractivity contribution in [3.63, 3.8) is 0 Å². The summed E-state index contributed by atoms with van der Waals surface area (Å²) in [4.78, 5) is 12.1. The lowest BCUT2D eigenvalue weighted by Crippen LogP contribution is -2.11. The molecule has 21 heavy (non-hydrogen) atoms. The molecule has 0 saturated carbocycles. The fourth-order valence-corrected chi connectivity index (χ4v) is 1.81. The second kappa shape index (κ2) is 7.04. The molecule has 104 valence electrons. The Bertz CT molecular complexity index is 697. The second-order valence-corrected chi connectivity index (χ2v) is 4.35. The normalized spacial score (nSPS) is 10.3. The fourth-order valence-electron chi connectivity index (χ4n) is 1.81. The first-order valence-electron chi connectivity index (χ1n) is 6.42. The molecule has 0 bridgehead atoms. The monoisotopic (exact) mass is 278 g/mol. The molecule has 0 fully saturated rings. The standard InChI is InChI=1S/C17H14N2O2/c18-12-14-6-8-15(9-7-14)17(21)19-16-5-1-3-13(11-16)4-2-10-20/h1-9,11,20H,10H2,(H,19,21). The van der Waals surface area contributed by atoms with Crippen LogP contribution in [-0.4, -0.2) is 17.6 Å². The lowest BCUT2D eigenvalue weighted by Gasteiger charge is -2.06. The number of rotatable bonds is 4. The Kier molecular flexibility index (Phi) is 4.86. The third-order valence-corrected chi connectivity index (χ3v) is 2.84. The maximum Gasteiger partial charge on any atom is 0.255 e. The fraction of sp³-hybridized carbons (Fsp3) is 0.0588. The van der Waals surface area contributed by atoms with Crippen LogP contribution >= 0.6 is 0 Å².